The Balaban J connectivity index is 1.18. The number of aliphatic hydroxyl groups is 1. The van der Waals surface area contributed by atoms with E-state index in [1.165, 1.54) is 18.0 Å². The van der Waals surface area contributed by atoms with Crippen LogP contribution < -0.4 is 31.2 Å². The zero-order valence-corrected chi connectivity index (χ0v) is 32.2. The number of amides is 4. The Morgan fingerprint density at radius 1 is 1.13 bits per heavy atom. The molecule has 17 heteroatoms. The van der Waals surface area contributed by atoms with Gasteiger partial charge < -0.3 is 45.3 Å². The molecule has 0 radical (unpaired) electrons. The van der Waals surface area contributed by atoms with Gasteiger partial charge in [-0.2, -0.15) is 0 Å². The first-order chi connectivity index (χ1) is 25.1. The maximum absolute atomic E-state index is 13.3. The summed E-state index contributed by atoms with van der Waals surface area (Å²) in [7, 11) is 3.47. The number of hydrogen-bond acceptors (Lipinski definition) is 12. The van der Waals surface area contributed by atoms with E-state index < -0.39 is 58.6 Å². The Bertz CT molecular complexity index is 1730. The summed E-state index contributed by atoms with van der Waals surface area (Å²) in [5, 5.41) is 19.8. The first kappa shape index (κ1) is 40.3. The molecule has 54 heavy (non-hydrogen) atoms. The standard InChI is InChI=1S/C37H53N7O10/c1-34(2,3)53-31(47)41-22(10-9-16-40-30(38)42-32(48)54-35(4,5)6)29(46)39-17-19-44(8)33(49)51-24-12-11-21-20-25-37(50)14-13-23(45)28-36(37,15-18-43(25)7)26(21)27(24)52-28/h11-14,22,25,28,50H,9-10,15-20H2,1-8H3,(H,39,46)(H,41,47)(H3,38,40,42,48)/t22-,25?,28?,36?,37+/m0/s1. The fourth-order valence-corrected chi connectivity index (χ4v) is 7.59. The predicted molar refractivity (Wildman–Crippen MR) is 196 cm³/mol. The van der Waals surface area contributed by atoms with E-state index in [0.717, 1.165) is 5.56 Å². The molecule has 1 spiro atoms. The highest BCUT2D eigenvalue weighted by Crippen LogP contribution is 2.63. The van der Waals surface area contributed by atoms with Crippen molar-refractivity contribution in [3.63, 3.8) is 0 Å². The summed E-state index contributed by atoms with van der Waals surface area (Å²) in [5.41, 5.74) is 3.60. The Labute approximate surface area is 314 Å². The maximum atomic E-state index is 13.3. The molecule has 2 bridgehead atoms. The van der Waals surface area contributed by atoms with Crippen molar-refractivity contribution in [3.8, 4) is 11.5 Å². The normalized spacial score (nSPS) is 24.8. The smallest absolute Gasteiger partial charge is 0.415 e. The van der Waals surface area contributed by atoms with Crippen molar-refractivity contribution in [1.82, 2.24) is 25.8 Å². The van der Waals surface area contributed by atoms with Crippen molar-refractivity contribution in [2.45, 2.75) is 108 Å². The molecule has 1 fully saturated rings. The van der Waals surface area contributed by atoms with Crippen LogP contribution in [0.15, 0.2) is 29.3 Å². The van der Waals surface area contributed by atoms with Gasteiger partial charge >= 0.3 is 18.3 Å². The summed E-state index contributed by atoms with van der Waals surface area (Å²) in [6.45, 7) is 11.1. The number of hydrogen-bond donors (Lipinski definition) is 5. The molecule has 4 amide bonds. The van der Waals surface area contributed by atoms with Crippen LogP contribution in [0.5, 0.6) is 11.5 Å². The highest BCUT2D eigenvalue weighted by Gasteiger charge is 2.71. The van der Waals surface area contributed by atoms with Crippen LogP contribution in [-0.4, -0.2) is 126 Å². The molecule has 2 heterocycles. The lowest BCUT2D eigenvalue weighted by Gasteiger charge is -2.60. The Kier molecular flexibility index (Phi) is 11.3. The van der Waals surface area contributed by atoms with E-state index >= 15 is 0 Å². The quantitative estimate of drug-likeness (QED) is 0.131. The molecule has 1 aromatic rings. The van der Waals surface area contributed by atoms with Crippen LogP contribution in [0.3, 0.4) is 0 Å². The first-order valence-corrected chi connectivity index (χ1v) is 18.1. The summed E-state index contributed by atoms with van der Waals surface area (Å²) in [4.78, 5) is 71.7. The molecule has 0 saturated carbocycles. The highest BCUT2D eigenvalue weighted by molar-refractivity contribution is 5.99. The number of carbonyl (C=O) groups excluding carboxylic acids is 5. The number of nitrogens with zero attached hydrogens (tertiary/aromatic N) is 3. The number of piperidine rings is 1. The van der Waals surface area contributed by atoms with E-state index in [1.807, 2.05) is 13.1 Å². The number of nitrogens with two attached hydrogens (primary N) is 1. The van der Waals surface area contributed by atoms with E-state index in [0.29, 0.717) is 31.4 Å². The van der Waals surface area contributed by atoms with Gasteiger partial charge in [0.15, 0.2) is 29.3 Å². The zero-order valence-electron chi connectivity index (χ0n) is 32.2. The molecule has 5 rings (SSSR count). The Morgan fingerprint density at radius 2 is 1.81 bits per heavy atom. The summed E-state index contributed by atoms with van der Waals surface area (Å²) in [6.07, 6.45) is 1.28. The molecule has 3 unspecified atom stereocenters. The fraction of sp³-hybridized carbons (Fsp3) is 0.622. The molecule has 4 aliphatic rings. The molecule has 2 aliphatic heterocycles. The van der Waals surface area contributed by atoms with Crippen molar-refractivity contribution in [2.24, 2.45) is 10.7 Å². The van der Waals surface area contributed by atoms with Crippen LogP contribution >= 0.6 is 0 Å². The molecular weight excluding hydrogens is 702 g/mol. The lowest BCUT2D eigenvalue weighted by atomic mass is 9.51. The first-order valence-electron chi connectivity index (χ1n) is 18.1. The average Bonchev–Trinajstić information content (AvgIpc) is 3.41. The van der Waals surface area contributed by atoms with Gasteiger partial charge in [-0.05, 0) is 105 Å². The molecule has 1 aromatic carbocycles. The van der Waals surface area contributed by atoms with Crippen molar-refractivity contribution in [1.29, 1.82) is 0 Å². The van der Waals surface area contributed by atoms with Crippen molar-refractivity contribution in [3.05, 3.63) is 35.4 Å². The molecular formula is C37H53N7O10. The van der Waals surface area contributed by atoms with E-state index in [9.17, 15) is 29.1 Å². The lowest BCUT2D eigenvalue weighted by molar-refractivity contribution is -0.151. The lowest BCUT2D eigenvalue weighted by Crippen LogP contribution is -2.74. The van der Waals surface area contributed by atoms with Crippen LogP contribution in [0.4, 0.5) is 14.4 Å². The monoisotopic (exact) mass is 755 g/mol. The van der Waals surface area contributed by atoms with Crippen LogP contribution in [0.25, 0.3) is 0 Å². The molecule has 0 aromatic heterocycles. The zero-order chi connectivity index (χ0) is 39.8. The topological polar surface area (TPSA) is 223 Å². The van der Waals surface area contributed by atoms with Crippen LogP contribution in [0.2, 0.25) is 0 Å². The van der Waals surface area contributed by atoms with Gasteiger partial charge in [0.2, 0.25) is 5.91 Å². The second-order valence-corrected chi connectivity index (χ2v) is 16.2. The summed E-state index contributed by atoms with van der Waals surface area (Å²) < 4.78 is 22.6. The summed E-state index contributed by atoms with van der Waals surface area (Å²) >= 11 is 0. The Hall–Kier alpha value is -4.90. The van der Waals surface area contributed by atoms with Gasteiger partial charge in [0.1, 0.15) is 22.8 Å². The second kappa shape index (κ2) is 15.1. The van der Waals surface area contributed by atoms with Gasteiger partial charge in [-0.1, -0.05) is 6.07 Å². The van der Waals surface area contributed by atoms with Gasteiger partial charge in [-0.3, -0.25) is 24.8 Å². The minimum absolute atomic E-state index is 0.0165. The van der Waals surface area contributed by atoms with Crippen LogP contribution in [-0.2, 0) is 30.9 Å². The molecule has 1 saturated heterocycles. The highest BCUT2D eigenvalue weighted by atomic mass is 16.6. The van der Waals surface area contributed by atoms with E-state index in [4.69, 9.17) is 24.7 Å². The van der Waals surface area contributed by atoms with Crippen molar-refractivity contribution >= 4 is 35.9 Å². The largest absolute Gasteiger partial charge is 0.477 e. The number of nitrogens with one attached hydrogen (secondary N) is 3. The molecule has 5 atom stereocenters. The molecule has 2 aliphatic carbocycles. The number of likely N-dealkylation sites (N-methyl/N-ethyl adjacent to an activating group) is 2. The SMILES string of the molecule is CN(CCNC(=O)[C@H](CCCN=C(N)NC(=O)OC(C)(C)C)NC(=O)OC(C)(C)C)C(=O)Oc1ccc2c3c1OC1C(=O)C=C[C@@]4(O)C(C2)N(C)CCC314. The van der Waals surface area contributed by atoms with E-state index in [1.54, 1.807) is 53.7 Å². The molecule has 6 N–H and O–H groups in total. The third-order valence-electron chi connectivity index (χ3n) is 9.95. The summed E-state index contributed by atoms with van der Waals surface area (Å²) in [5.74, 6) is -0.502. The number of aliphatic imine (C=N–C) groups is 1. The van der Waals surface area contributed by atoms with Gasteiger partial charge in [0.05, 0.1) is 5.41 Å². The number of guanidine groups is 1. The molecule has 17 nitrogen and oxygen atoms in total. The number of likely N-dealkylation sites (tertiary alicyclic amines) is 1. The Morgan fingerprint density at radius 3 is 2.50 bits per heavy atom. The van der Waals surface area contributed by atoms with Gasteiger partial charge in [-0.25, -0.2) is 14.4 Å². The summed E-state index contributed by atoms with van der Waals surface area (Å²) in [6, 6.07) is 2.25. The third kappa shape index (κ3) is 8.26. The van der Waals surface area contributed by atoms with Gasteiger partial charge in [-0.15, -0.1) is 0 Å². The van der Waals surface area contributed by atoms with Crippen molar-refractivity contribution < 1.29 is 48.0 Å². The van der Waals surface area contributed by atoms with E-state index in [2.05, 4.69) is 25.8 Å². The second-order valence-electron chi connectivity index (χ2n) is 16.2. The number of ketones is 1. The minimum Gasteiger partial charge on any atom is -0.477 e. The minimum atomic E-state index is -1.33. The number of rotatable bonds is 10. The predicted octanol–water partition coefficient (Wildman–Crippen LogP) is 1.88. The van der Waals surface area contributed by atoms with Gasteiger partial charge in [0.25, 0.3) is 0 Å². The number of alkyl carbamates (subject to hydrolysis) is 2. The average molecular weight is 756 g/mol. The van der Waals surface area contributed by atoms with Gasteiger partial charge in [0, 0.05) is 38.3 Å². The fourth-order valence-electron chi connectivity index (χ4n) is 7.59. The number of carbonyl (C=O) groups is 5. The number of benzene rings is 1. The maximum Gasteiger partial charge on any atom is 0.415 e. The third-order valence-corrected chi connectivity index (χ3v) is 9.95. The van der Waals surface area contributed by atoms with E-state index in [-0.39, 0.29) is 55.3 Å². The van der Waals surface area contributed by atoms with Crippen LogP contribution in [0, 0.1) is 0 Å². The van der Waals surface area contributed by atoms with Crippen molar-refractivity contribution in [2.75, 3.05) is 40.3 Å². The number of ether oxygens (including phenoxy) is 4. The van der Waals surface area contributed by atoms with Crippen LogP contribution in [0.1, 0.15) is 71.9 Å². The molecule has 296 valence electrons.